The van der Waals surface area contributed by atoms with Gasteiger partial charge in [-0.25, -0.2) is 4.68 Å². The van der Waals surface area contributed by atoms with Crippen LogP contribution in [0.15, 0.2) is 30.3 Å². The van der Waals surface area contributed by atoms with Crippen LogP contribution >= 0.6 is 0 Å². The Morgan fingerprint density at radius 1 is 1.29 bits per heavy atom. The summed E-state index contributed by atoms with van der Waals surface area (Å²) in [5, 5.41) is 4.48. The molecule has 1 aromatic heterocycles. The van der Waals surface area contributed by atoms with E-state index in [1.807, 2.05) is 18.7 Å². The number of aryl methyl sites for hydroxylation is 3. The van der Waals surface area contributed by atoms with Crippen molar-refractivity contribution in [2.24, 2.45) is 7.05 Å². The zero-order chi connectivity index (χ0) is 16.9. The van der Waals surface area contributed by atoms with Crippen molar-refractivity contribution >= 4 is 0 Å². The monoisotopic (exact) mass is 329 g/mol. The minimum Gasteiger partial charge on any atom is -0.481 e. The standard InChI is InChI=1S/C19H27N3O2/c1-15-18(19(23-3)21(2)20-15)14-22-11-12-24-17(13-22)10-9-16-7-5-4-6-8-16/h4-8,17H,9-14H2,1-3H3/t17-/m1/s1. The molecule has 0 saturated carbocycles. The number of morpholine rings is 1. The van der Waals surface area contributed by atoms with Crippen LogP contribution in [0.2, 0.25) is 0 Å². The largest absolute Gasteiger partial charge is 0.481 e. The van der Waals surface area contributed by atoms with E-state index in [0.29, 0.717) is 6.10 Å². The highest BCUT2D eigenvalue weighted by Crippen LogP contribution is 2.24. The van der Waals surface area contributed by atoms with Crippen molar-refractivity contribution in [3.8, 4) is 5.88 Å². The quantitative estimate of drug-likeness (QED) is 0.817. The van der Waals surface area contributed by atoms with Gasteiger partial charge in [0.2, 0.25) is 5.88 Å². The van der Waals surface area contributed by atoms with Gasteiger partial charge in [0.25, 0.3) is 0 Å². The third-order valence-electron chi connectivity index (χ3n) is 4.68. The Balaban J connectivity index is 1.58. The Kier molecular flexibility index (Phi) is 5.53. The Bertz CT molecular complexity index is 654. The zero-order valence-electron chi connectivity index (χ0n) is 14.9. The first kappa shape index (κ1) is 17.0. The normalized spacial score (nSPS) is 18.7. The molecular formula is C19H27N3O2. The smallest absolute Gasteiger partial charge is 0.216 e. The van der Waals surface area contributed by atoms with Gasteiger partial charge in [0, 0.05) is 26.7 Å². The lowest BCUT2D eigenvalue weighted by molar-refractivity contribution is -0.0348. The molecule has 1 saturated heterocycles. The van der Waals surface area contributed by atoms with Crippen molar-refractivity contribution in [2.45, 2.75) is 32.4 Å². The molecule has 2 aromatic rings. The van der Waals surface area contributed by atoms with Crippen molar-refractivity contribution in [3.05, 3.63) is 47.2 Å². The first-order valence-corrected chi connectivity index (χ1v) is 8.61. The second-order valence-electron chi connectivity index (χ2n) is 6.45. The molecule has 3 rings (SSSR count). The topological polar surface area (TPSA) is 39.5 Å². The lowest BCUT2D eigenvalue weighted by Crippen LogP contribution is -2.42. The van der Waals surface area contributed by atoms with Crippen LogP contribution in [-0.2, 0) is 24.8 Å². The van der Waals surface area contributed by atoms with E-state index >= 15 is 0 Å². The fourth-order valence-corrected chi connectivity index (χ4v) is 3.41. The minimum atomic E-state index is 0.293. The molecule has 5 heteroatoms. The maximum Gasteiger partial charge on any atom is 0.216 e. The Labute approximate surface area is 144 Å². The number of aromatic nitrogens is 2. The van der Waals surface area contributed by atoms with Crippen LogP contribution < -0.4 is 4.74 Å². The van der Waals surface area contributed by atoms with Gasteiger partial charge in [-0.05, 0) is 25.3 Å². The van der Waals surface area contributed by atoms with E-state index in [0.717, 1.165) is 50.7 Å². The predicted octanol–water partition coefficient (Wildman–Crippen LogP) is 2.57. The summed E-state index contributed by atoms with van der Waals surface area (Å²) in [5.41, 5.74) is 3.60. The average molecular weight is 329 g/mol. The summed E-state index contributed by atoms with van der Waals surface area (Å²) in [6, 6.07) is 10.6. The third kappa shape index (κ3) is 3.97. The highest BCUT2D eigenvalue weighted by molar-refractivity contribution is 5.30. The molecule has 0 spiro atoms. The average Bonchev–Trinajstić information content (AvgIpc) is 2.87. The minimum absolute atomic E-state index is 0.293. The number of hydrogen-bond acceptors (Lipinski definition) is 4. The van der Waals surface area contributed by atoms with E-state index in [-0.39, 0.29) is 0 Å². The lowest BCUT2D eigenvalue weighted by atomic mass is 10.1. The fourth-order valence-electron chi connectivity index (χ4n) is 3.41. The molecule has 1 aliphatic heterocycles. The van der Waals surface area contributed by atoms with E-state index in [1.165, 1.54) is 11.1 Å². The maximum atomic E-state index is 5.97. The molecule has 2 heterocycles. The first-order chi connectivity index (χ1) is 11.7. The highest BCUT2D eigenvalue weighted by Gasteiger charge is 2.23. The molecule has 130 valence electrons. The van der Waals surface area contributed by atoms with Crippen LogP contribution in [0.5, 0.6) is 5.88 Å². The second kappa shape index (κ2) is 7.81. The van der Waals surface area contributed by atoms with Crippen molar-refractivity contribution in [1.29, 1.82) is 0 Å². The molecule has 1 fully saturated rings. The first-order valence-electron chi connectivity index (χ1n) is 8.61. The summed E-state index contributed by atoms with van der Waals surface area (Å²) in [5.74, 6) is 0.861. The van der Waals surface area contributed by atoms with Gasteiger partial charge in [0.05, 0.1) is 31.1 Å². The summed E-state index contributed by atoms with van der Waals surface area (Å²) < 4.78 is 13.3. The maximum absolute atomic E-state index is 5.97. The van der Waals surface area contributed by atoms with Crippen molar-refractivity contribution in [3.63, 3.8) is 0 Å². The fraction of sp³-hybridized carbons (Fsp3) is 0.526. The number of ether oxygens (including phenoxy) is 2. The molecular weight excluding hydrogens is 302 g/mol. The molecule has 0 radical (unpaired) electrons. The highest BCUT2D eigenvalue weighted by atomic mass is 16.5. The number of benzene rings is 1. The van der Waals surface area contributed by atoms with Crippen molar-refractivity contribution < 1.29 is 9.47 Å². The molecule has 1 aliphatic rings. The van der Waals surface area contributed by atoms with E-state index < -0.39 is 0 Å². The van der Waals surface area contributed by atoms with E-state index in [1.54, 1.807) is 7.11 Å². The van der Waals surface area contributed by atoms with Gasteiger partial charge in [-0.2, -0.15) is 5.10 Å². The van der Waals surface area contributed by atoms with E-state index in [9.17, 15) is 0 Å². The van der Waals surface area contributed by atoms with Crippen LogP contribution in [0, 0.1) is 6.92 Å². The predicted molar refractivity (Wildman–Crippen MR) is 94.3 cm³/mol. The Morgan fingerprint density at radius 3 is 2.83 bits per heavy atom. The molecule has 0 amide bonds. The summed E-state index contributed by atoms with van der Waals surface area (Å²) in [6.45, 7) is 5.63. The summed E-state index contributed by atoms with van der Waals surface area (Å²) >= 11 is 0. The van der Waals surface area contributed by atoms with Gasteiger partial charge in [0.1, 0.15) is 0 Å². The Hall–Kier alpha value is -1.85. The van der Waals surface area contributed by atoms with Gasteiger partial charge in [-0.1, -0.05) is 30.3 Å². The van der Waals surface area contributed by atoms with Crippen LogP contribution in [0.4, 0.5) is 0 Å². The van der Waals surface area contributed by atoms with E-state index in [4.69, 9.17) is 9.47 Å². The van der Waals surface area contributed by atoms with Gasteiger partial charge in [-0.15, -0.1) is 0 Å². The summed E-state index contributed by atoms with van der Waals surface area (Å²) in [6.07, 6.45) is 2.42. The molecule has 1 atom stereocenters. The van der Waals surface area contributed by atoms with E-state index in [2.05, 4.69) is 40.3 Å². The SMILES string of the molecule is COc1c(CN2CCO[C@H](CCc3ccccc3)C2)c(C)nn1C. The molecule has 0 bridgehead atoms. The summed E-state index contributed by atoms with van der Waals surface area (Å²) in [4.78, 5) is 2.45. The number of nitrogens with zero attached hydrogens (tertiary/aromatic N) is 3. The lowest BCUT2D eigenvalue weighted by Gasteiger charge is -2.33. The molecule has 0 N–H and O–H groups in total. The van der Waals surface area contributed by atoms with Crippen molar-refractivity contribution in [1.82, 2.24) is 14.7 Å². The number of methoxy groups -OCH3 is 1. The third-order valence-corrected chi connectivity index (χ3v) is 4.68. The number of rotatable bonds is 6. The molecule has 24 heavy (non-hydrogen) atoms. The van der Waals surface area contributed by atoms with Crippen LogP contribution in [0.1, 0.15) is 23.2 Å². The number of hydrogen-bond donors (Lipinski definition) is 0. The molecule has 5 nitrogen and oxygen atoms in total. The van der Waals surface area contributed by atoms with Gasteiger partial charge >= 0.3 is 0 Å². The van der Waals surface area contributed by atoms with Gasteiger partial charge < -0.3 is 9.47 Å². The van der Waals surface area contributed by atoms with Gasteiger partial charge in [-0.3, -0.25) is 4.90 Å². The Morgan fingerprint density at radius 2 is 2.08 bits per heavy atom. The van der Waals surface area contributed by atoms with Crippen LogP contribution in [0.25, 0.3) is 0 Å². The summed E-state index contributed by atoms with van der Waals surface area (Å²) in [7, 11) is 3.64. The van der Waals surface area contributed by atoms with Gasteiger partial charge in [0.15, 0.2) is 0 Å². The van der Waals surface area contributed by atoms with Crippen molar-refractivity contribution in [2.75, 3.05) is 26.8 Å². The molecule has 1 aromatic carbocycles. The molecule has 0 unspecified atom stereocenters. The van der Waals surface area contributed by atoms with Crippen LogP contribution in [-0.4, -0.2) is 47.6 Å². The second-order valence-corrected chi connectivity index (χ2v) is 6.45. The van der Waals surface area contributed by atoms with Crippen LogP contribution in [0.3, 0.4) is 0 Å². The molecule has 0 aliphatic carbocycles. The zero-order valence-corrected chi connectivity index (χ0v) is 14.9.